The zero-order chi connectivity index (χ0) is 20.1. The summed E-state index contributed by atoms with van der Waals surface area (Å²) in [6.07, 6.45) is 2.82. The van der Waals surface area contributed by atoms with Crippen LogP contribution in [-0.4, -0.2) is 67.2 Å². The fourth-order valence-electron chi connectivity index (χ4n) is 3.49. The zero-order valence-corrected chi connectivity index (χ0v) is 17.3. The first-order valence-electron chi connectivity index (χ1n) is 9.86. The van der Waals surface area contributed by atoms with E-state index in [0.717, 1.165) is 66.3 Å². The van der Waals surface area contributed by atoms with Crippen LogP contribution in [0.15, 0.2) is 36.5 Å². The summed E-state index contributed by atoms with van der Waals surface area (Å²) in [6.45, 7) is 6.31. The summed E-state index contributed by atoms with van der Waals surface area (Å²) >= 11 is 1.61. The second kappa shape index (κ2) is 9.30. The Kier molecular flexibility index (Phi) is 6.33. The van der Waals surface area contributed by atoms with Crippen molar-refractivity contribution in [2.75, 3.05) is 51.7 Å². The molecule has 2 N–H and O–H groups in total. The van der Waals surface area contributed by atoms with Crippen LogP contribution in [-0.2, 0) is 4.74 Å². The molecule has 0 bridgehead atoms. The van der Waals surface area contributed by atoms with Crippen molar-refractivity contribution in [2.45, 2.75) is 6.42 Å². The van der Waals surface area contributed by atoms with Crippen LogP contribution in [0.5, 0.6) is 0 Å². The number of ether oxygens (including phenoxy) is 1. The summed E-state index contributed by atoms with van der Waals surface area (Å²) in [5.41, 5.74) is 1.43. The number of hydrogen-bond donors (Lipinski definition) is 2. The number of hydrogen-bond acceptors (Lipinski definition) is 8. The van der Waals surface area contributed by atoms with E-state index in [0.29, 0.717) is 11.5 Å². The van der Waals surface area contributed by atoms with Crippen molar-refractivity contribution in [2.24, 2.45) is 0 Å². The molecule has 3 aromatic rings. The maximum absolute atomic E-state index is 12.0. The molecule has 1 aliphatic heterocycles. The second-order valence-electron chi connectivity index (χ2n) is 6.96. The molecule has 1 fully saturated rings. The summed E-state index contributed by atoms with van der Waals surface area (Å²) in [6, 6.07) is 9.57. The van der Waals surface area contributed by atoms with E-state index in [9.17, 15) is 4.79 Å². The van der Waals surface area contributed by atoms with E-state index in [-0.39, 0.29) is 5.97 Å². The Bertz CT molecular complexity index is 984. The molecule has 0 atom stereocenters. The summed E-state index contributed by atoms with van der Waals surface area (Å²) in [4.78, 5) is 24.5. The first kappa shape index (κ1) is 19.8. The Labute approximate surface area is 174 Å². The predicted molar refractivity (Wildman–Crippen MR) is 117 cm³/mol. The van der Waals surface area contributed by atoms with Crippen molar-refractivity contribution < 1.29 is 9.53 Å². The number of piperazine rings is 1. The number of esters is 1. The molecule has 1 aliphatic rings. The number of fused-ring (bicyclic) bond motifs is 1. The quantitative estimate of drug-likeness (QED) is 0.457. The van der Waals surface area contributed by atoms with E-state index in [4.69, 9.17) is 4.74 Å². The predicted octanol–water partition coefficient (Wildman–Crippen LogP) is 2.85. The monoisotopic (exact) mass is 411 g/mol. The highest BCUT2D eigenvalue weighted by Gasteiger charge is 2.14. The van der Waals surface area contributed by atoms with Crippen LogP contribution >= 0.6 is 11.3 Å². The first-order valence-corrected chi connectivity index (χ1v) is 10.7. The van der Waals surface area contributed by atoms with Crippen LogP contribution in [0.2, 0.25) is 0 Å². The number of benzene rings is 1. The van der Waals surface area contributed by atoms with Crippen LogP contribution in [0.25, 0.3) is 20.7 Å². The van der Waals surface area contributed by atoms with Gasteiger partial charge in [0.05, 0.1) is 23.2 Å². The minimum atomic E-state index is -0.325. The van der Waals surface area contributed by atoms with Gasteiger partial charge in [0.15, 0.2) is 0 Å². The van der Waals surface area contributed by atoms with E-state index in [1.54, 1.807) is 23.6 Å². The number of carbonyl (C=O) groups excluding carboxylic acids is 1. The Hall–Kier alpha value is -2.55. The summed E-state index contributed by atoms with van der Waals surface area (Å²) < 4.78 is 5.93. The van der Waals surface area contributed by atoms with Crippen molar-refractivity contribution in [1.29, 1.82) is 0 Å². The molecular formula is C21H25N5O2S. The Morgan fingerprint density at radius 1 is 1.31 bits per heavy atom. The number of carbonyl (C=O) groups is 1. The standard InChI is InChI=1S/C21H25N5O2S/c1-28-20(27)15-4-2-5-18-16(15)14-19(29-18)17-6-8-24-21(25-17)23-7-3-11-26-12-9-22-10-13-26/h2,4-6,8,14,22H,3,7,9-13H2,1H3,(H,23,24,25). The number of thiophene rings is 1. The molecule has 0 unspecified atom stereocenters. The first-order chi connectivity index (χ1) is 14.2. The molecule has 0 spiro atoms. The Balaban J connectivity index is 1.43. The molecule has 2 aromatic heterocycles. The lowest BCUT2D eigenvalue weighted by atomic mass is 10.1. The minimum Gasteiger partial charge on any atom is -0.465 e. The van der Waals surface area contributed by atoms with Gasteiger partial charge in [0.1, 0.15) is 0 Å². The zero-order valence-electron chi connectivity index (χ0n) is 16.5. The van der Waals surface area contributed by atoms with Crippen LogP contribution in [0, 0.1) is 0 Å². The number of anilines is 1. The highest BCUT2D eigenvalue weighted by atomic mass is 32.1. The van der Waals surface area contributed by atoms with Gasteiger partial charge in [-0.2, -0.15) is 0 Å². The van der Waals surface area contributed by atoms with Crippen LogP contribution < -0.4 is 10.6 Å². The van der Waals surface area contributed by atoms with Crippen molar-refractivity contribution in [1.82, 2.24) is 20.2 Å². The van der Waals surface area contributed by atoms with Gasteiger partial charge in [-0.25, -0.2) is 14.8 Å². The minimum absolute atomic E-state index is 0.325. The van der Waals surface area contributed by atoms with Crippen molar-refractivity contribution in [3.63, 3.8) is 0 Å². The molecule has 7 nitrogen and oxygen atoms in total. The lowest BCUT2D eigenvalue weighted by Gasteiger charge is -2.27. The van der Waals surface area contributed by atoms with Crippen molar-refractivity contribution >= 4 is 33.3 Å². The molecule has 3 heterocycles. The van der Waals surface area contributed by atoms with Gasteiger partial charge < -0.3 is 20.3 Å². The van der Waals surface area contributed by atoms with Crippen LogP contribution in [0.1, 0.15) is 16.8 Å². The summed E-state index contributed by atoms with van der Waals surface area (Å²) in [5, 5.41) is 7.60. The third-order valence-electron chi connectivity index (χ3n) is 5.02. The number of rotatable bonds is 7. The van der Waals surface area contributed by atoms with Gasteiger partial charge in [-0.05, 0) is 37.2 Å². The maximum atomic E-state index is 12.0. The van der Waals surface area contributed by atoms with Gasteiger partial charge in [0, 0.05) is 49.0 Å². The Morgan fingerprint density at radius 3 is 3.00 bits per heavy atom. The molecule has 0 saturated carbocycles. The molecular weight excluding hydrogens is 386 g/mol. The van der Waals surface area contributed by atoms with Crippen LogP contribution in [0.3, 0.4) is 0 Å². The van der Waals surface area contributed by atoms with Crippen molar-refractivity contribution in [3.05, 3.63) is 42.1 Å². The molecule has 0 aliphatic carbocycles. The lowest BCUT2D eigenvalue weighted by Crippen LogP contribution is -2.44. The molecule has 0 radical (unpaired) electrons. The van der Waals surface area contributed by atoms with Gasteiger partial charge in [-0.3, -0.25) is 0 Å². The lowest BCUT2D eigenvalue weighted by molar-refractivity contribution is 0.0603. The maximum Gasteiger partial charge on any atom is 0.338 e. The average Bonchev–Trinajstić information content (AvgIpc) is 3.22. The van der Waals surface area contributed by atoms with E-state index in [1.807, 2.05) is 24.3 Å². The van der Waals surface area contributed by atoms with Gasteiger partial charge >= 0.3 is 5.97 Å². The largest absolute Gasteiger partial charge is 0.465 e. The molecule has 1 aromatic carbocycles. The average molecular weight is 412 g/mol. The normalized spacial score (nSPS) is 14.8. The van der Waals surface area contributed by atoms with Gasteiger partial charge in [-0.15, -0.1) is 11.3 Å². The third kappa shape index (κ3) is 4.72. The second-order valence-corrected chi connectivity index (χ2v) is 8.04. The number of aromatic nitrogens is 2. The number of methoxy groups -OCH3 is 1. The fraction of sp³-hybridized carbons (Fsp3) is 0.381. The highest BCUT2D eigenvalue weighted by Crippen LogP contribution is 2.34. The van der Waals surface area contributed by atoms with E-state index in [2.05, 4.69) is 25.5 Å². The number of nitrogens with zero attached hydrogens (tertiary/aromatic N) is 3. The topological polar surface area (TPSA) is 79.4 Å². The molecule has 8 heteroatoms. The van der Waals surface area contributed by atoms with E-state index >= 15 is 0 Å². The van der Waals surface area contributed by atoms with E-state index < -0.39 is 0 Å². The molecule has 4 rings (SSSR count). The summed E-state index contributed by atoms with van der Waals surface area (Å²) in [5.74, 6) is 0.308. The van der Waals surface area contributed by atoms with Crippen molar-refractivity contribution in [3.8, 4) is 10.6 Å². The smallest absolute Gasteiger partial charge is 0.338 e. The SMILES string of the molecule is COC(=O)c1cccc2sc(-c3ccnc(NCCCN4CCNCC4)n3)cc12. The fourth-order valence-corrected chi connectivity index (χ4v) is 4.55. The third-order valence-corrected chi connectivity index (χ3v) is 6.14. The molecule has 152 valence electrons. The van der Waals surface area contributed by atoms with Gasteiger partial charge in [0.2, 0.25) is 5.95 Å². The molecule has 0 amide bonds. The number of nitrogens with one attached hydrogen (secondary N) is 2. The molecule has 1 saturated heterocycles. The highest BCUT2D eigenvalue weighted by molar-refractivity contribution is 7.22. The van der Waals surface area contributed by atoms with Gasteiger partial charge in [0.25, 0.3) is 0 Å². The molecule has 29 heavy (non-hydrogen) atoms. The van der Waals surface area contributed by atoms with Crippen LogP contribution in [0.4, 0.5) is 5.95 Å². The summed E-state index contributed by atoms with van der Waals surface area (Å²) in [7, 11) is 1.40. The van der Waals surface area contributed by atoms with E-state index in [1.165, 1.54) is 7.11 Å². The Morgan fingerprint density at radius 2 is 2.17 bits per heavy atom. The van der Waals surface area contributed by atoms with Gasteiger partial charge in [-0.1, -0.05) is 6.07 Å².